The highest BCUT2D eigenvalue weighted by atomic mass is 16.5. The smallest absolute Gasteiger partial charge is 0.191 e. The van der Waals surface area contributed by atoms with Crippen molar-refractivity contribution in [2.75, 3.05) is 13.2 Å². The van der Waals surface area contributed by atoms with Crippen molar-refractivity contribution >= 4 is 5.78 Å². The lowest BCUT2D eigenvalue weighted by molar-refractivity contribution is 0.0900. The number of benzene rings is 1. The van der Waals surface area contributed by atoms with Gasteiger partial charge in [0.1, 0.15) is 12.4 Å². The Balaban J connectivity index is 2.97. The van der Waals surface area contributed by atoms with Crippen molar-refractivity contribution in [2.24, 2.45) is 0 Å². The molecule has 0 saturated heterocycles. The van der Waals surface area contributed by atoms with Crippen molar-refractivity contribution in [3.05, 3.63) is 29.8 Å². The van der Waals surface area contributed by atoms with E-state index in [1.54, 1.807) is 24.3 Å². The lowest BCUT2D eigenvalue weighted by Gasteiger charge is -2.07. The van der Waals surface area contributed by atoms with Crippen LogP contribution in [0.25, 0.3) is 0 Å². The van der Waals surface area contributed by atoms with Gasteiger partial charge in [0, 0.05) is 0 Å². The van der Waals surface area contributed by atoms with E-state index in [-0.39, 0.29) is 5.78 Å². The molecule has 3 heteroatoms. The lowest BCUT2D eigenvalue weighted by Crippen LogP contribution is -2.07. The molecule has 3 nitrogen and oxygen atoms in total. The Hall–Kier alpha value is -1.35. The Kier molecular flexibility index (Phi) is 3.46. The zero-order chi connectivity index (χ0) is 9.68. The van der Waals surface area contributed by atoms with E-state index in [1.807, 2.05) is 6.92 Å². The standard InChI is InChI=1S/C10H12O3/c1-2-13-10-6-4-3-5-8(10)9(12)7-11/h3-6,11H,2,7H2,1H3. The minimum Gasteiger partial charge on any atom is -0.493 e. The first-order valence-electron chi connectivity index (χ1n) is 4.15. The third-order valence-electron chi connectivity index (χ3n) is 1.63. The van der Waals surface area contributed by atoms with Crippen LogP contribution in [-0.2, 0) is 0 Å². The van der Waals surface area contributed by atoms with Crippen molar-refractivity contribution in [1.29, 1.82) is 0 Å². The zero-order valence-corrected chi connectivity index (χ0v) is 7.49. The molecule has 0 aliphatic rings. The van der Waals surface area contributed by atoms with Crippen LogP contribution in [0.5, 0.6) is 5.75 Å². The first-order chi connectivity index (χ1) is 6.29. The van der Waals surface area contributed by atoms with Crippen LogP contribution >= 0.6 is 0 Å². The molecule has 0 radical (unpaired) electrons. The molecule has 0 aliphatic heterocycles. The maximum absolute atomic E-state index is 11.2. The highest BCUT2D eigenvalue weighted by Crippen LogP contribution is 2.17. The topological polar surface area (TPSA) is 46.5 Å². The Morgan fingerprint density at radius 2 is 2.15 bits per heavy atom. The average Bonchev–Trinajstić information content (AvgIpc) is 2.18. The van der Waals surface area contributed by atoms with E-state index >= 15 is 0 Å². The maximum atomic E-state index is 11.2. The number of para-hydroxylation sites is 1. The third kappa shape index (κ3) is 2.29. The summed E-state index contributed by atoms with van der Waals surface area (Å²) >= 11 is 0. The average molecular weight is 180 g/mol. The van der Waals surface area contributed by atoms with E-state index in [1.165, 1.54) is 0 Å². The molecular weight excluding hydrogens is 168 g/mol. The summed E-state index contributed by atoms with van der Waals surface area (Å²) in [6.07, 6.45) is 0. The van der Waals surface area contributed by atoms with Crippen molar-refractivity contribution in [3.8, 4) is 5.75 Å². The highest BCUT2D eigenvalue weighted by molar-refractivity contribution is 5.99. The summed E-state index contributed by atoms with van der Waals surface area (Å²) in [5, 5.41) is 8.68. The van der Waals surface area contributed by atoms with E-state index in [0.29, 0.717) is 17.9 Å². The molecule has 1 aromatic rings. The van der Waals surface area contributed by atoms with Crippen LogP contribution in [0.3, 0.4) is 0 Å². The van der Waals surface area contributed by atoms with Crippen LogP contribution in [0.15, 0.2) is 24.3 Å². The number of Topliss-reactive ketones (excluding diaryl/α,β-unsaturated/α-hetero) is 1. The van der Waals surface area contributed by atoms with Gasteiger partial charge in [-0.25, -0.2) is 0 Å². The molecule has 1 rings (SSSR count). The van der Waals surface area contributed by atoms with Gasteiger partial charge in [0.05, 0.1) is 12.2 Å². The Labute approximate surface area is 77.0 Å². The first kappa shape index (κ1) is 9.74. The minimum absolute atomic E-state index is 0.316. The minimum atomic E-state index is -0.482. The van der Waals surface area contributed by atoms with E-state index in [2.05, 4.69) is 0 Å². The summed E-state index contributed by atoms with van der Waals surface area (Å²) in [4.78, 5) is 11.2. The summed E-state index contributed by atoms with van der Waals surface area (Å²) in [6.45, 7) is 1.88. The quantitative estimate of drug-likeness (QED) is 0.709. The maximum Gasteiger partial charge on any atom is 0.191 e. The van der Waals surface area contributed by atoms with Crippen LogP contribution in [0.2, 0.25) is 0 Å². The highest BCUT2D eigenvalue weighted by Gasteiger charge is 2.09. The van der Waals surface area contributed by atoms with Crippen molar-refractivity contribution in [2.45, 2.75) is 6.92 Å². The predicted octanol–water partition coefficient (Wildman–Crippen LogP) is 1.26. The number of carbonyl (C=O) groups excluding carboxylic acids is 1. The van der Waals surface area contributed by atoms with Gasteiger partial charge in [-0.2, -0.15) is 0 Å². The normalized spacial score (nSPS) is 9.69. The summed E-state index contributed by atoms with van der Waals surface area (Å²) in [7, 11) is 0. The zero-order valence-electron chi connectivity index (χ0n) is 7.49. The molecule has 0 aromatic heterocycles. The van der Waals surface area contributed by atoms with Gasteiger partial charge in [-0.3, -0.25) is 4.79 Å². The fourth-order valence-corrected chi connectivity index (χ4v) is 1.06. The van der Waals surface area contributed by atoms with Crippen LogP contribution in [0.1, 0.15) is 17.3 Å². The number of rotatable bonds is 4. The molecule has 0 aliphatic carbocycles. The van der Waals surface area contributed by atoms with Crippen LogP contribution < -0.4 is 4.74 Å². The number of ether oxygens (including phenoxy) is 1. The number of hydrogen-bond donors (Lipinski definition) is 1. The molecule has 0 saturated carbocycles. The molecular formula is C10H12O3. The molecule has 0 heterocycles. The summed E-state index contributed by atoms with van der Waals surface area (Å²) < 4.78 is 5.23. The fourth-order valence-electron chi connectivity index (χ4n) is 1.06. The van der Waals surface area contributed by atoms with Crippen molar-refractivity contribution < 1.29 is 14.6 Å². The van der Waals surface area contributed by atoms with Crippen molar-refractivity contribution in [1.82, 2.24) is 0 Å². The summed E-state index contributed by atoms with van der Waals surface area (Å²) in [6, 6.07) is 6.89. The van der Waals surface area contributed by atoms with Gasteiger partial charge in [0.2, 0.25) is 0 Å². The second kappa shape index (κ2) is 4.62. The number of aliphatic hydroxyl groups is 1. The molecule has 0 fully saturated rings. The molecule has 0 bridgehead atoms. The second-order valence-electron chi connectivity index (χ2n) is 2.51. The Morgan fingerprint density at radius 3 is 2.77 bits per heavy atom. The van der Waals surface area contributed by atoms with Crippen molar-refractivity contribution in [3.63, 3.8) is 0 Å². The van der Waals surface area contributed by atoms with E-state index in [9.17, 15) is 4.79 Å². The third-order valence-corrected chi connectivity index (χ3v) is 1.63. The molecule has 70 valence electrons. The molecule has 0 unspecified atom stereocenters. The predicted molar refractivity (Wildman–Crippen MR) is 49.0 cm³/mol. The van der Waals surface area contributed by atoms with Crippen LogP contribution in [-0.4, -0.2) is 24.1 Å². The summed E-state index contributed by atoms with van der Waals surface area (Å²) in [5.74, 6) is 0.216. The van der Waals surface area contributed by atoms with Gasteiger partial charge < -0.3 is 9.84 Å². The van der Waals surface area contributed by atoms with Gasteiger partial charge in [-0.15, -0.1) is 0 Å². The molecule has 0 amide bonds. The Morgan fingerprint density at radius 1 is 1.46 bits per heavy atom. The molecule has 1 aromatic carbocycles. The van der Waals surface area contributed by atoms with E-state index < -0.39 is 6.61 Å². The van der Waals surface area contributed by atoms with Gasteiger partial charge in [-0.1, -0.05) is 12.1 Å². The van der Waals surface area contributed by atoms with Gasteiger partial charge in [0.25, 0.3) is 0 Å². The number of aliphatic hydroxyl groups excluding tert-OH is 1. The Bertz CT molecular complexity index is 294. The number of hydrogen-bond acceptors (Lipinski definition) is 3. The fraction of sp³-hybridized carbons (Fsp3) is 0.300. The monoisotopic (exact) mass is 180 g/mol. The second-order valence-corrected chi connectivity index (χ2v) is 2.51. The molecule has 0 atom stereocenters. The SMILES string of the molecule is CCOc1ccccc1C(=O)CO. The largest absolute Gasteiger partial charge is 0.493 e. The first-order valence-corrected chi connectivity index (χ1v) is 4.15. The van der Waals surface area contributed by atoms with Crippen LogP contribution in [0.4, 0.5) is 0 Å². The van der Waals surface area contributed by atoms with Crippen LogP contribution in [0, 0.1) is 0 Å². The van der Waals surface area contributed by atoms with E-state index in [0.717, 1.165) is 0 Å². The van der Waals surface area contributed by atoms with E-state index in [4.69, 9.17) is 9.84 Å². The number of carbonyl (C=O) groups is 1. The summed E-state index contributed by atoms with van der Waals surface area (Å²) in [5.41, 5.74) is 0.437. The molecule has 0 spiro atoms. The molecule has 13 heavy (non-hydrogen) atoms. The van der Waals surface area contributed by atoms with Gasteiger partial charge in [-0.05, 0) is 19.1 Å². The van der Waals surface area contributed by atoms with Gasteiger partial charge >= 0.3 is 0 Å². The lowest BCUT2D eigenvalue weighted by atomic mass is 10.1. The van der Waals surface area contributed by atoms with Gasteiger partial charge in [0.15, 0.2) is 5.78 Å². The molecule has 1 N–H and O–H groups in total. The number of ketones is 1.